The van der Waals surface area contributed by atoms with Gasteiger partial charge in [-0.05, 0) is 29.2 Å². The molecule has 1 aromatic heterocycles. The zero-order chi connectivity index (χ0) is 17.6. The Morgan fingerprint density at radius 2 is 2.24 bits per heavy atom. The molecule has 0 unspecified atom stereocenters. The first-order chi connectivity index (χ1) is 12.2. The molecule has 0 fully saturated rings. The van der Waals surface area contributed by atoms with Gasteiger partial charge in [0.15, 0.2) is 0 Å². The number of fused-ring (bicyclic) bond motifs is 1. The molecule has 8 heteroatoms. The van der Waals surface area contributed by atoms with E-state index in [-0.39, 0.29) is 24.7 Å². The van der Waals surface area contributed by atoms with Crippen molar-refractivity contribution < 1.29 is 23.7 Å². The minimum Gasteiger partial charge on any atom is -0.473 e. The Labute approximate surface area is 145 Å². The number of esters is 1. The van der Waals surface area contributed by atoms with E-state index in [1.807, 2.05) is 24.3 Å². The fourth-order valence-electron chi connectivity index (χ4n) is 2.23. The van der Waals surface area contributed by atoms with Crippen molar-refractivity contribution in [3.05, 3.63) is 41.5 Å². The van der Waals surface area contributed by atoms with Gasteiger partial charge in [0, 0.05) is 13.0 Å². The number of benzene rings is 1. The van der Waals surface area contributed by atoms with Crippen LogP contribution in [0, 0.1) is 11.3 Å². The highest BCUT2D eigenvalue weighted by molar-refractivity contribution is 6.48. The number of rotatable bonds is 6. The average Bonchev–Trinajstić information content (AvgIpc) is 3.06. The SMILES string of the molecule is CC(=O)OCCOc1nc(Oc2ccc3c(c2)CO[B]3)ccc1C#N. The molecule has 1 radical (unpaired) electrons. The number of ether oxygens (including phenoxy) is 3. The molecule has 0 atom stereocenters. The highest BCUT2D eigenvalue weighted by atomic mass is 16.6. The summed E-state index contributed by atoms with van der Waals surface area (Å²) in [5, 5.41) is 9.14. The predicted molar refractivity (Wildman–Crippen MR) is 87.8 cm³/mol. The highest BCUT2D eigenvalue weighted by Crippen LogP contribution is 2.25. The largest absolute Gasteiger partial charge is 0.473 e. The van der Waals surface area contributed by atoms with Crippen LogP contribution in [0.4, 0.5) is 0 Å². The Balaban J connectivity index is 1.70. The van der Waals surface area contributed by atoms with Crippen molar-refractivity contribution in [3.8, 4) is 23.6 Å². The first kappa shape index (κ1) is 16.8. The zero-order valence-electron chi connectivity index (χ0n) is 13.5. The number of carbonyl (C=O) groups excluding carboxylic acids is 1. The summed E-state index contributed by atoms with van der Waals surface area (Å²) in [4.78, 5) is 14.9. The van der Waals surface area contributed by atoms with E-state index < -0.39 is 5.97 Å². The van der Waals surface area contributed by atoms with Crippen LogP contribution in [0.3, 0.4) is 0 Å². The van der Waals surface area contributed by atoms with Crippen LogP contribution in [0.5, 0.6) is 17.5 Å². The summed E-state index contributed by atoms with van der Waals surface area (Å²) >= 11 is 0. The normalized spacial score (nSPS) is 11.8. The lowest BCUT2D eigenvalue weighted by molar-refractivity contribution is -0.141. The van der Waals surface area contributed by atoms with Crippen LogP contribution in [-0.2, 0) is 20.8 Å². The Bertz CT molecular complexity index is 834. The monoisotopic (exact) mass is 337 g/mol. The van der Waals surface area contributed by atoms with Crippen molar-refractivity contribution >= 4 is 18.9 Å². The topological polar surface area (TPSA) is 90.7 Å². The summed E-state index contributed by atoms with van der Waals surface area (Å²) in [5.41, 5.74) is 2.32. The van der Waals surface area contributed by atoms with Crippen LogP contribution in [0.2, 0.25) is 0 Å². The quantitative estimate of drug-likeness (QED) is 0.448. The molecule has 1 aliphatic rings. The maximum Gasteiger partial charge on any atom is 0.330 e. The van der Waals surface area contributed by atoms with Gasteiger partial charge < -0.3 is 18.9 Å². The second-order valence-corrected chi connectivity index (χ2v) is 5.19. The van der Waals surface area contributed by atoms with E-state index in [0.29, 0.717) is 18.2 Å². The number of hydrogen-bond acceptors (Lipinski definition) is 7. The Morgan fingerprint density at radius 1 is 1.36 bits per heavy atom. The maximum absolute atomic E-state index is 10.7. The van der Waals surface area contributed by atoms with E-state index in [1.165, 1.54) is 6.92 Å². The third-order valence-electron chi connectivity index (χ3n) is 3.37. The van der Waals surface area contributed by atoms with Crippen molar-refractivity contribution in [2.24, 2.45) is 0 Å². The maximum atomic E-state index is 10.7. The van der Waals surface area contributed by atoms with Crippen molar-refractivity contribution in [2.75, 3.05) is 13.2 Å². The van der Waals surface area contributed by atoms with Gasteiger partial charge in [0.1, 0.15) is 30.6 Å². The summed E-state index contributed by atoms with van der Waals surface area (Å²) in [7, 11) is 1.70. The molecule has 0 bridgehead atoms. The van der Waals surface area contributed by atoms with Crippen molar-refractivity contribution in [1.82, 2.24) is 4.98 Å². The Kier molecular flexibility index (Phi) is 5.16. The molecule has 1 aromatic carbocycles. The van der Waals surface area contributed by atoms with Gasteiger partial charge in [-0.25, -0.2) is 0 Å². The van der Waals surface area contributed by atoms with Crippen molar-refractivity contribution in [1.29, 1.82) is 5.26 Å². The fraction of sp³-hybridized carbons (Fsp3) is 0.235. The van der Waals surface area contributed by atoms with Gasteiger partial charge in [0.25, 0.3) is 0 Å². The molecule has 0 spiro atoms. The second kappa shape index (κ2) is 7.68. The van der Waals surface area contributed by atoms with Gasteiger partial charge in [-0.1, -0.05) is 6.07 Å². The van der Waals surface area contributed by atoms with E-state index in [4.69, 9.17) is 24.1 Å². The smallest absolute Gasteiger partial charge is 0.330 e. The average molecular weight is 337 g/mol. The van der Waals surface area contributed by atoms with Gasteiger partial charge in [-0.3, -0.25) is 4.79 Å². The van der Waals surface area contributed by atoms with Crippen LogP contribution < -0.4 is 14.9 Å². The number of pyridine rings is 1. The van der Waals surface area contributed by atoms with Crippen LogP contribution in [0.15, 0.2) is 30.3 Å². The summed E-state index contributed by atoms with van der Waals surface area (Å²) in [5.74, 6) is 0.641. The van der Waals surface area contributed by atoms with E-state index in [9.17, 15) is 4.79 Å². The molecule has 2 aromatic rings. The summed E-state index contributed by atoms with van der Waals surface area (Å²) in [6.45, 7) is 2.00. The number of aromatic nitrogens is 1. The number of hydrogen-bond donors (Lipinski definition) is 0. The zero-order valence-corrected chi connectivity index (χ0v) is 13.5. The Morgan fingerprint density at radius 3 is 3.04 bits per heavy atom. The first-order valence-electron chi connectivity index (χ1n) is 7.58. The van der Waals surface area contributed by atoms with Gasteiger partial charge >= 0.3 is 13.5 Å². The molecule has 1 aliphatic heterocycles. The highest BCUT2D eigenvalue weighted by Gasteiger charge is 2.15. The number of carbonyl (C=O) groups is 1. The first-order valence-corrected chi connectivity index (χ1v) is 7.58. The minimum atomic E-state index is -0.396. The molecule has 0 aliphatic carbocycles. The molecule has 7 nitrogen and oxygen atoms in total. The molecule has 0 N–H and O–H groups in total. The molecule has 0 saturated heterocycles. The number of nitriles is 1. The minimum absolute atomic E-state index is 0.0777. The van der Waals surface area contributed by atoms with Gasteiger partial charge in [0.2, 0.25) is 11.8 Å². The molecular weight excluding hydrogens is 323 g/mol. The molecule has 125 valence electrons. The lowest BCUT2D eigenvalue weighted by Crippen LogP contribution is -2.11. The van der Waals surface area contributed by atoms with E-state index in [0.717, 1.165) is 11.0 Å². The number of nitrogens with zero attached hydrogens (tertiary/aromatic N) is 2. The van der Waals surface area contributed by atoms with Gasteiger partial charge in [-0.2, -0.15) is 10.2 Å². The van der Waals surface area contributed by atoms with Gasteiger partial charge in [-0.15, -0.1) is 0 Å². The van der Waals surface area contributed by atoms with E-state index in [2.05, 4.69) is 4.98 Å². The summed E-state index contributed by atoms with van der Waals surface area (Å²) in [6.07, 6.45) is 0. The molecule has 2 heterocycles. The standard InChI is InChI=1S/C17H14BN2O5/c1-11(21)22-6-7-23-17-12(9-19)2-5-16(20-17)25-14-3-4-15-13(8-14)10-24-18-15/h2-5,8H,6-7,10H2,1H3. The van der Waals surface area contributed by atoms with Crippen LogP contribution in [0.25, 0.3) is 0 Å². The van der Waals surface area contributed by atoms with Crippen molar-refractivity contribution in [2.45, 2.75) is 13.5 Å². The molecule has 25 heavy (non-hydrogen) atoms. The fourth-order valence-corrected chi connectivity index (χ4v) is 2.23. The van der Waals surface area contributed by atoms with Crippen LogP contribution in [-0.4, -0.2) is 31.6 Å². The second-order valence-electron chi connectivity index (χ2n) is 5.19. The van der Waals surface area contributed by atoms with Crippen LogP contribution >= 0.6 is 0 Å². The van der Waals surface area contributed by atoms with Crippen LogP contribution in [0.1, 0.15) is 18.1 Å². The Hall–Kier alpha value is -3.05. The summed E-state index contributed by atoms with van der Waals surface area (Å²) in [6, 6.07) is 10.7. The predicted octanol–water partition coefficient (Wildman–Crippen LogP) is 1.46. The molecule has 0 saturated carbocycles. The summed E-state index contributed by atoms with van der Waals surface area (Å²) < 4.78 is 21.2. The molecule has 3 rings (SSSR count). The molecular formula is C17H14BN2O5. The third-order valence-corrected chi connectivity index (χ3v) is 3.37. The van der Waals surface area contributed by atoms with Gasteiger partial charge in [0.05, 0.1) is 6.61 Å². The van der Waals surface area contributed by atoms with E-state index >= 15 is 0 Å². The van der Waals surface area contributed by atoms with E-state index in [1.54, 1.807) is 19.6 Å². The lowest BCUT2D eigenvalue weighted by atomic mass is 9.87. The lowest BCUT2D eigenvalue weighted by Gasteiger charge is -2.10. The third kappa shape index (κ3) is 4.28. The van der Waals surface area contributed by atoms with Crippen molar-refractivity contribution in [3.63, 3.8) is 0 Å². The molecule has 0 amide bonds.